The molecule has 2 heterocycles. The Bertz CT molecular complexity index is 419. The molecule has 4 nitrogen and oxygen atoms in total. The fraction of sp³-hybridized carbons (Fsp3) is 0.786. The quantitative estimate of drug-likeness (QED) is 0.926. The summed E-state index contributed by atoms with van der Waals surface area (Å²) in [6, 6.07) is 0.540. The van der Waals surface area contributed by atoms with E-state index in [-0.39, 0.29) is 5.41 Å². The second-order valence-electron chi connectivity index (χ2n) is 6.18. The predicted octanol–water partition coefficient (Wildman–Crippen LogP) is 2.51. The fourth-order valence-corrected chi connectivity index (χ4v) is 3.63. The average molecular weight is 283 g/mol. The van der Waals surface area contributed by atoms with E-state index in [2.05, 4.69) is 32.7 Å². The lowest BCUT2D eigenvalue weighted by molar-refractivity contribution is 0.0855. The van der Waals surface area contributed by atoms with Gasteiger partial charge in [-0.05, 0) is 12.8 Å². The highest BCUT2D eigenvalue weighted by Gasteiger charge is 2.26. The van der Waals surface area contributed by atoms with E-state index in [0.29, 0.717) is 12.6 Å². The van der Waals surface area contributed by atoms with E-state index in [1.165, 1.54) is 4.88 Å². The Balaban J connectivity index is 2.22. The summed E-state index contributed by atoms with van der Waals surface area (Å²) < 4.78 is 5.43. The third kappa shape index (κ3) is 3.27. The molecule has 0 atom stereocenters. The van der Waals surface area contributed by atoms with Gasteiger partial charge < -0.3 is 15.4 Å². The first-order valence-corrected chi connectivity index (χ1v) is 7.76. The van der Waals surface area contributed by atoms with Gasteiger partial charge >= 0.3 is 0 Å². The molecule has 0 radical (unpaired) electrons. The van der Waals surface area contributed by atoms with E-state index in [4.69, 9.17) is 15.5 Å². The Morgan fingerprint density at radius 3 is 2.47 bits per heavy atom. The number of hydrogen-bond donors (Lipinski definition) is 1. The Hall–Kier alpha value is -0.650. The third-order valence-corrected chi connectivity index (χ3v) is 4.79. The molecule has 2 N–H and O–H groups in total. The van der Waals surface area contributed by atoms with Crippen molar-refractivity contribution < 1.29 is 4.74 Å². The number of rotatable bonds is 3. The number of nitrogens with zero attached hydrogens (tertiary/aromatic N) is 2. The molecule has 1 fully saturated rings. The first-order valence-electron chi connectivity index (χ1n) is 6.94. The van der Waals surface area contributed by atoms with Gasteiger partial charge in [-0.15, -0.1) is 11.3 Å². The van der Waals surface area contributed by atoms with E-state index in [9.17, 15) is 0 Å². The highest BCUT2D eigenvalue weighted by molar-refractivity contribution is 7.15. The van der Waals surface area contributed by atoms with Crippen molar-refractivity contribution in [1.29, 1.82) is 0 Å². The smallest absolute Gasteiger partial charge is 0.185 e. The van der Waals surface area contributed by atoms with Gasteiger partial charge in [-0.1, -0.05) is 20.8 Å². The zero-order valence-corrected chi connectivity index (χ0v) is 13.2. The van der Waals surface area contributed by atoms with E-state index < -0.39 is 0 Å². The van der Waals surface area contributed by atoms with Crippen molar-refractivity contribution in [3.63, 3.8) is 0 Å². The van der Waals surface area contributed by atoms with Gasteiger partial charge in [0.1, 0.15) is 0 Å². The molecule has 0 bridgehead atoms. The molecule has 108 valence electrons. The van der Waals surface area contributed by atoms with Crippen LogP contribution in [0.15, 0.2) is 0 Å². The van der Waals surface area contributed by atoms with E-state index in [1.54, 1.807) is 11.3 Å². The Labute approximate surface area is 120 Å². The van der Waals surface area contributed by atoms with Crippen LogP contribution < -0.4 is 10.6 Å². The molecular formula is C14H25N3OS. The molecule has 1 aliphatic heterocycles. The number of nitrogens with two attached hydrogens (primary N) is 1. The minimum absolute atomic E-state index is 0.0555. The second kappa shape index (κ2) is 5.77. The molecule has 0 amide bonds. The summed E-state index contributed by atoms with van der Waals surface area (Å²) in [6.45, 7) is 8.87. The first kappa shape index (κ1) is 14.8. The lowest BCUT2D eigenvalue weighted by atomic mass is 9.91. The van der Waals surface area contributed by atoms with Crippen LogP contribution in [0.25, 0.3) is 0 Å². The summed E-state index contributed by atoms with van der Waals surface area (Å²) in [6.07, 6.45) is 2.16. The van der Waals surface area contributed by atoms with E-state index in [0.717, 1.165) is 36.9 Å². The molecule has 1 aliphatic rings. The van der Waals surface area contributed by atoms with Crippen LogP contribution in [0.2, 0.25) is 0 Å². The summed E-state index contributed by atoms with van der Waals surface area (Å²) in [5.74, 6) is 0. The van der Waals surface area contributed by atoms with Crippen molar-refractivity contribution in [2.75, 3.05) is 25.2 Å². The Morgan fingerprint density at radius 1 is 1.37 bits per heavy atom. The van der Waals surface area contributed by atoms with Gasteiger partial charge in [0.2, 0.25) is 0 Å². The van der Waals surface area contributed by atoms with Gasteiger partial charge in [0.25, 0.3) is 0 Å². The van der Waals surface area contributed by atoms with Crippen LogP contribution in [0.3, 0.4) is 0 Å². The zero-order valence-electron chi connectivity index (χ0n) is 12.4. The van der Waals surface area contributed by atoms with E-state index in [1.807, 2.05) is 0 Å². The van der Waals surface area contributed by atoms with Crippen LogP contribution in [0.1, 0.15) is 44.2 Å². The molecule has 0 unspecified atom stereocenters. The molecule has 5 heteroatoms. The van der Waals surface area contributed by atoms with Crippen LogP contribution in [0.4, 0.5) is 5.13 Å². The van der Waals surface area contributed by atoms with Crippen LogP contribution in [-0.4, -0.2) is 31.3 Å². The number of aromatic nitrogens is 1. The van der Waals surface area contributed by atoms with Crippen LogP contribution >= 0.6 is 11.3 Å². The number of ether oxygens (including phenoxy) is 1. The molecule has 1 saturated heterocycles. The minimum Gasteiger partial charge on any atom is -0.381 e. The summed E-state index contributed by atoms with van der Waals surface area (Å²) in [5.41, 5.74) is 7.07. The Morgan fingerprint density at radius 2 is 2.00 bits per heavy atom. The molecule has 0 aliphatic carbocycles. The fourth-order valence-electron chi connectivity index (χ4n) is 2.44. The van der Waals surface area contributed by atoms with Crippen LogP contribution in [-0.2, 0) is 16.7 Å². The lowest BCUT2D eigenvalue weighted by Gasteiger charge is -2.31. The summed E-state index contributed by atoms with van der Waals surface area (Å²) in [7, 11) is 2.14. The van der Waals surface area contributed by atoms with Crippen molar-refractivity contribution in [2.45, 2.75) is 51.6 Å². The predicted molar refractivity (Wildman–Crippen MR) is 80.9 cm³/mol. The van der Waals surface area contributed by atoms with Crippen molar-refractivity contribution >= 4 is 16.5 Å². The molecular weight excluding hydrogens is 258 g/mol. The van der Waals surface area contributed by atoms with Crippen LogP contribution in [0, 0.1) is 0 Å². The van der Waals surface area contributed by atoms with Gasteiger partial charge in [-0.25, -0.2) is 4.98 Å². The molecule has 19 heavy (non-hydrogen) atoms. The van der Waals surface area contributed by atoms with Crippen molar-refractivity contribution in [3.05, 3.63) is 10.6 Å². The highest BCUT2D eigenvalue weighted by Crippen LogP contribution is 2.34. The van der Waals surface area contributed by atoms with E-state index >= 15 is 0 Å². The summed E-state index contributed by atoms with van der Waals surface area (Å²) in [5, 5.41) is 1.09. The maximum atomic E-state index is 5.87. The number of anilines is 1. The number of hydrogen-bond acceptors (Lipinski definition) is 5. The molecule has 0 saturated carbocycles. The summed E-state index contributed by atoms with van der Waals surface area (Å²) in [4.78, 5) is 8.37. The van der Waals surface area contributed by atoms with Crippen molar-refractivity contribution in [1.82, 2.24) is 4.98 Å². The van der Waals surface area contributed by atoms with Gasteiger partial charge in [0.05, 0.1) is 5.69 Å². The highest BCUT2D eigenvalue weighted by atomic mass is 32.1. The molecule has 0 spiro atoms. The van der Waals surface area contributed by atoms with Gasteiger partial charge in [-0.3, -0.25) is 0 Å². The maximum Gasteiger partial charge on any atom is 0.185 e. The van der Waals surface area contributed by atoms with Crippen LogP contribution in [0.5, 0.6) is 0 Å². The Kier molecular flexibility index (Phi) is 4.48. The first-order chi connectivity index (χ1) is 8.93. The molecule has 1 aromatic heterocycles. The average Bonchev–Trinajstić information content (AvgIpc) is 2.83. The normalized spacial score (nSPS) is 17.7. The molecule has 1 aromatic rings. The van der Waals surface area contributed by atoms with Crippen molar-refractivity contribution in [3.8, 4) is 0 Å². The van der Waals surface area contributed by atoms with Gasteiger partial charge in [0, 0.05) is 43.1 Å². The standard InChI is InChI=1S/C14H25N3OS/c1-14(2,3)12-11(9-15)19-13(16-12)17(4)10-5-7-18-8-6-10/h10H,5-9,15H2,1-4H3. The summed E-state index contributed by atoms with van der Waals surface area (Å²) >= 11 is 1.74. The second-order valence-corrected chi connectivity index (χ2v) is 7.24. The SMILES string of the molecule is CN(c1nc(C(C)(C)C)c(CN)s1)C1CCOCC1. The monoisotopic (exact) mass is 283 g/mol. The van der Waals surface area contributed by atoms with Gasteiger partial charge in [0.15, 0.2) is 5.13 Å². The van der Waals surface area contributed by atoms with Crippen molar-refractivity contribution in [2.24, 2.45) is 5.73 Å². The lowest BCUT2D eigenvalue weighted by Crippen LogP contribution is -2.36. The largest absolute Gasteiger partial charge is 0.381 e. The third-order valence-electron chi connectivity index (χ3n) is 3.62. The zero-order chi connectivity index (χ0) is 14.0. The van der Waals surface area contributed by atoms with Gasteiger partial charge in [-0.2, -0.15) is 0 Å². The molecule has 0 aromatic carbocycles. The minimum atomic E-state index is 0.0555. The maximum absolute atomic E-state index is 5.87. The molecule has 2 rings (SSSR count). The topological polar surface area (TPSA) is 51.4 Å². The number of thiazole rings is 1.